The van der Waals surface area contributed by atoms with E-state index in [1.807, 2.05) is 0 Å². The van der Waals surface area contributed by atoms with Gasteiger partial charge in [-0.25, -0.2) is 8.42 Å². The molecule has 0 aromatic carbocycles. The summed E-state index contributed by atoms with van der Waals surface area (Å²) in [6.07, 6.45) is 1.46. The van der Waals surface area contributed by atoms with Crippen molar-refractivity contribution in [1.29, 1.82) is 0 Å². The summed E-state index contributed by atoms with van der Waals surface area (Å²) in [4.78, 5) is 0. The lowest BCUT2D eigenvalue weighted by molar-refractivity contribution is 0.600. The predicted molar refractivity (Wildman–Crippen MR) is 48.5 cm³/mol. The summed E-state index contributed by atoms with van der Waals surface area (Å²) in [6.45, 7) is 0.0790. The van der Waals surface area contributed by atoms with Crippen molar-refractivity contribution in [2.24, 2.45) is 5.73 Å². The summed E-state index contributed by atoms with van der Waals surface area (Å²) in [5, 5.41) is 7.09. The zero-order chi connectivity index (χ0) is 9.73. The Morgan fingerprint density at radius 2 is 2.31 bits per heavy atom. The molecule has 0 radical (unpaired) electrons. The van der Waals surface area contributed by atoms with Crippen molar-refractivity contribution in [3.8, 4) is 0 Å². The smallest absolute Gasteiger partial charge is 0.235 e. The number of nitrogens with zero attached hydrogens (tertiary/aromatic N) is 2. The number of aromatic nitrogens is 2. The standard InChI is InChI=1S/C6H10N4O2S/c7-3-5-13(11,12)10-6-2-1-4-8-9-6/h1-2,4H,3,5,7H2,(H,9,10). The van der Waals surface area contributed by atoms with Crippen LogP contribution >= 0.6 is 0 Å². The molecule has 1 rings (SSSR count). The van der Waals surface area contributed by atoms with E-state index in [1.165, 1.54) is 12.3 Å². The molecule has 1 heterocycles. The Bertz CT molecular complexity index is 350. The topological polar surface area (TPSA) is 98.0 Å². The molecule has 0 fully saturated rings. The largest absolute Gasteiger partial charge is 0.329 e. The van der Waals surface area contributed by atoms with Gasteiger partial charge in [-0.1, -0.05) is 0 Å². The van der Waals surface area contributed by atoms with Gasteiger partial charge >= 0.3 is 0 Å². The molecule has 0 aliphatic rings. The van der Waals surface area contributed by atoms with Gasteiger partial charge < -0.3 is 5.73 Å². The number of rotatable bonds is 4. The summed E-state index contributed by atoms with van der Waals surface area (Å²) in [6, 6.07) is 3.11. The second-order valence-corrected chi connectivity index (χ2v) is 4.16. The number of anilines is 1. The van der Waals surface area contributed by atoms with Crippen LogP contribution < -0.4 is 10.5 Å². The van der Waals surface area contributed by atoms with Gasteiger partial charge in [-0.2, -0.15) is 5.10 Å². The zero-order valence-electron chi connectivity index (χ0n) is 6.84. The van der Waals surface area contributed by atoms with Crippen LogP contribution in [0.1, 0.15) is 0 Å². The van der Waals surface area contributed by atoms with Gasteiger partial charge in [0.2, 0.25) is 10.0 Å². The average Bonchev–Trinajstić information content (AvgIpc) is 2.04. The van der Waals surface area contributed by atoms with Gasteiger partial charge in [0, 0.05) is 12.7 Å². The third-order valence-corrected chi connectivity index (χ3v) is 2.51. The van der Waals surface area contributed by atoms with Crippen molar-refractivity contribution in [2.45, 2.75) is 0 Å². The van der Waals surface area contributed by atoms with Crippen LogP contribution in [0, 0.1) is 0 Å². The monoisotopic (exact) mass is 202 g/mol. The maximum Gasteiger partial charge on any atom is 0.235 e. The minimum Gasteiger partial charge on any atom is -0.329 e. The number of sulfonamides is 1. The fraction of sp³-hybridized carbons (Fsp3) is 0.333. The van der Waals surface area contributed by atoms with Crippen molar-refractivity contribution in [2.75, 3.05) is 17.0 Å². The fourth-order valence-corrected chi connectivity index (χ4v) is 1.56. The van der Waals surface area contributed by atoms with Crippen LogP contribution in [-0.2, 0) is 10.0 Å². The molecule has 0 atom stereocenters. The third-order valence-electron chi connectivity index (χ3n) is 1.22. The quantitative estimate of drug-likeness (QED) is 0.664. The van der Waals surface area contributed by atoms with Gasteiger partial charge in [-0.15, -0.1) is 5.10 Å². The minimum atomic E-state index is -3.36. The first kappa shape index (κ1) is 9.87. The summed E-state index contributed by atoms with van der Waals surface area (Å²) >= 11 is 0. The lowest BCUT2D eigenvalue weighted by Gasteiger charge is -2.03. The Labute approximate surface area is 76.2 Å². The molecule has 3 N–H and O–H groups in total. The molecule has 0 aliphatic heterocycles. The Kier molecular flexibility index (Phi) is 3.15. The molecule has 0 aliphatic carbocycles. The Morgan fingerprint density at radius 3 is 2.85 bits per heavy atom. The number of hydrogen-bond acceptors (Lipinski definition) is 5. The average molecular weight is 202 g/mol. The second-order valence-electron chi connectivity index (χ2n) is 2.32. The highest BCUT2D eigenvalue weighted by Gasteiger charge is 2.08. The van der Waals surface area contributed by atoms with Gasteiger partial charge in [0.15, 0.2) is 5.82 Å². The van der Waals surface area contributed by atoms with Crippen molar-refractivity contribution in [1.82, 2.24) is 10.2 Å². The molecule has 7 heteroatoms. The molecule has 0 spiro atoms. The first-order valence-corrected chi connectivity index (χ1v) is 5.27. The Balaban J connectivity index is 2.70. The molecule has 0 saturated carbocycles. The number of nitrogens with two attached hydrogens (primary N) is 1. The molecular weight excluding hydrogens is 192 g/mol. The van der Waals surface area contributed by atoms with Gasteiger partial charge in [0.25, 0.3) is 0 Å². The summed E-state index contributed by atoms with van der Waals surface area (Å²) in [5.74, 6) is 0.0831. The maximum absolute atomic E-state index is 11.1. The van der Waals surface area contributed by atoms with Gasteiger partial charge in [0.1, 0.15) is 0 Å². The van der Waals surface area contributed by atoms with Gasteiger partial charge in [-0.05, 0) is 12.1 Å². The zero-order valence-corrected chi connectivity index (χ0v) is 7.66. The molecule has 1 aromatic rings. The molecule has 1 aromatic heterocycles. The van der Waals surface area contributed by atoms with E-state index in [1.54, 1.807) is 6.07 Å². The first-order valence-electron chi connectivity index (χ1n) is 3.62. The SMILES string of the molecule is NCCS(=O)(=O)Nc1cccnn1. The van der Waals surface area contributed by atoms with E-state index in [-0.39, 0.29) is 18.1 Å². The van der Waals surface area contributed by atoms with E-state index < -0.39 is 10.0 Å². The van der Waals surface area contributed by atoms with E-state index in [0.717, 1.165) is 0 Å². The number of nitrogens with one attached hydrogen (secondary N) is 1. The molecule has 0 amide bonds. The predicted octanol–water partition coefficient (Wildman–Crippen LogP) is -0.823. The molecule has 13 heavy (non-hydrogen) atoms. The molecule has 0 unspecified atom stereocenters. The molecule has 0 saturated heterocycles. The minimum absolute atomic E-state index is 0.0790. The maximum atomic E-state index is 11.1. The fourth-order valence-electron chi connectivity index (χ4n) is 0.721. The first-order chi connectivity index (χ1) is 6.14. The third kappa shape index (κ3) is 3.34. The van der Waals surface area contributed by atoms with E-state index in [4.69, 9.17) is 5.73 Å². The highest BCUT2D eigenvalue weighted by Crippen LogP contribution is 2.01. The molecule has 72 valence electrons. The second kappa shape index (κ2) is 4.15. The van der Waals surface area contributed by atoms with E-state index in [9.17, 15) is 8.42 Å². The van der Waals surface area contributed by atoms with Crippen LogP contribution in [0.3, 0.4) is 0 Å². The van der Waals surface area contributed by atoms with Crippen LogP contribution in [-0.4, -0.2) is 30.9 Å². The van der Waals surface area contributed by atoms with E-state index in [0.29, 0.717) is 0 Å². The normalized spacial score (nSPS) is 11.2. The molecule has 6 nitrogen and oxygen atoms in total. The summed E-state index contributed by atoms with van der Waals surface area (Å²) in [7, 11) is -3.36. The van der Waals surface area contributed by atoms with E-state index in [2.05, 4.69) is 14.9 Å². The molecule has 0 bridgehead atoms. The molecular formula is C6H10N4O2S. The van der Waals surface area contributed by atoms with Crippen LogP contribution in [0.25, 0.3) is 0 Å². The highest BCUT2D eigenvalue weighted by atomic mass is 32.2. The van der Waals surface area contributed by atoms with Crippen molar-refractivity contribution in [3.05, 3.63) is 18.3 Å². The highest BCUT2D eigenvalue weighted by molar-refractivity contribution is 7.92. The van der Waals surface area contributed by atoms with Crippen LogP contribution in [0.4, 0.5) is 5.82 Å². The van der Waals surface area contributed by atoms with Crippen molar-refractivity contribution >= 4 is 15.8 Å². The Morgan fingerprint density at radius 1 is 1.54 bits per heavy atom. The van der Waals surface area contributed by atoms with Gasteiger partial charge in [-0.3, -0.25) is 4.72 Å². The Hall–Kier alpha value is -1.21. The van der Waals surface area contributed by atoms with Gasteiger partial charge in [0.05, 0.1) is 5.75 Å². The lowest BCUT2D eigenvalue weighted by atomic mass is 10.6. The van der Waals surface area contributed by atoms with E-state index >= 15 is 0 Å². The van der Waals surface area contributed by atoms with Crippen LogP contribution in [0.5, 0.6) is 0 Å². The van der Waals surface area contributed by atoms with Crippen molar-refractivity contribution < 1.29 is 8.42 Å². The summed E-state index contributed by atoms with van der Waals surface area (Å²) < 4.78 is 24.5. The number of hydrogen-bond donors (Lipinski definition) is 2. The lowest BCUT2D eigenvalue weighted by Crippen LogP contribution is -2.22. The summed E-state index contributed by atoms with van der Waals surface area (Å²) in [5.41, 5.74) is 5.11. The van der Waals surface area contributed by atoms with Crippen LogP contribution in [0.15, 0.2) is 18.3 Å². The van der Waals surface area contributed by atoms with Crippen LogP contribution in [0.2, 0.25) is 0 Å². The van der Waals surface area contributed by atoms with Crippen molar-refractivity contribution in [3.63, 3.8) is 0 Å².